The van der Waals surface area contributed by atoms with Crippen LogP contribution in [0, 0.1) is 0 Å². The summed E-state index contributed by atoms with van der Waals surface area (Å²) in [6.07, 6.45) is 0. The molecule has 0 aliphatic heterocycles. The Labute approximate surface area is 113 Å². The first-order valence-corrected chi connectivity index (χ1v) is 6.48. The minimum atomic E-state index is -2.83. The number of halogens is 2. The smallest absolute Gasteiger partial charge is 0.387 e. The lowest BCUT2D eigenvalue weighted by Crippen LogP contribution is -2.01. The third kappa shape index (κ3) is 3.92. The summed E-state index contributed by atoms with van der Waals surface area (Å²) in [6, 6.07) is 6.05. The summed E-state index contributed by atoms with van der Waals surface area (Å²) < 4.78 is 33.7. The number of hydrogen-bond donors (Lipinski definition) is 0. The fraction of sp³-hybridized carbons (Fsp3) is 0.333. The van der Waals surface area contributed by atoms with Crippen LogP contribution in [0.1, 0.15) is 13.8 Å². The van der Waals surface area contributed by atoms with Gasteiger partial charge in [0.25, 0.3) is 5.22 Å². The average Bonchev–Trinajstić information content (AvgIpc) is 2.76. The van der Waals surface area contributed by atoms with E-state index in [-0.39, 0.29) is 5.75 Å². The fourth-order valence-corrected chi connectivity index (χ4v) is 1.97. The highest BCUT2D eigenvalue weighted by molar-refractivity contribution is 7.99. The quantitative estimate of drug-likeness (QED) is 0.782. The molecule has 0 amide bonds. The minimum Gasteiger partial charge on any atom is -0.435 e. The van der Waals surface area contributed by atoms with Crippen LogP contribution in [0.3, 0.4) is 0 Å². The molecule has 0 unspecified atom stereocenters. The molecule has 1 aromatic heterocycles. The Morgan fingerprint density at radius 1 is 1.16 bits per heavy atom. The number of alkyl halides is 2. The van der Waals surface area contributed by atoms with Gasteiger partial charge in [0.15, 0.2) is 0 Å². The monoisotopic (exact) mass is 286 g/mol. The maximum Gasteiger partial charge on any atom is 0.387 e. The molecule has 0 radical (unpaired) electrons. The largest absolute Gasteiger partial charge is 0.435 e. The molecule has 0 saturated carbocycles. The van der Waals surface area contributed by atoms with E-state index in [1.54, 1.807) is 12.1 Å². The first-order valence-electron chi connectivity index (χ1n) is 5.60. The topological polar surface area (TPSA) is 48.2 Å². The molecule has 1 aromatic carbocycles. The average molecular weight is 286 g/mol. The molecule has 0 spiro atoms. The summed E-state index contributed by atoms with van der Waals surface area (Å²) in [5.41, 5.74) is 0.657. The normalized spacial score (nSPS) is 11.3. The molecule has 4 nitrogen and oxygen atoms in total. The zero-order chi connectivity index (χ0) is 13.8. The van der Waals surface area contributed by atoms with Gasteiger partial charge in [-0.25, -0.2) is 0 Å². The van der Waals surface area contributed by atoms with E-state index >= 15 is 0 Å². The van der Waals surface area contributed by atoms with Crippen molar-refractivity contribution in [2.45, 2.75) is 30.9 Å². The number of benzene rings is 1. The Kier molecular flexibility index (Phi) is 4.36. The van der Waals surface area contributed by atoms with Gasteiger partial charge in [-0.15, -0.1) is 10.2 Å². The van der Waals surface area contributed by atoms with E-state index in [4.69, 9.17) is 4.42 Å². The van der Waals surface area contributed by atoms with Gasteiger partial charge < -0.3 is 9.15 Å². The number of thioether (sulfide) groups is 1. The van der Waals surface area contributed by atoms with E-state index < -0.39 is 6.61 Å². The van der Waals surface area contributed by atoms with E-state index in [0.717, 1.165) is 0 Å². The zero-order valence-electron chi connectivity index (χ0n) is 10.3. The lowest BCUT2D eigenvalue weighted by molar-refractivity contribution is -0.0498. The van der Waals surface area contributed by atoms with E-state index in [2.05, 4.69) is 14.9 Å². The molecule has 1 heterocycles. The van der Waals surface area contributed by atoms with Crippen molar-refractivity contribution < 1.29 is 17.9 Å². The number of hydrogen-bond acceptors (Lipinski definition) is 5. The number of aromatic nitrogens is 2. The molecule has 0 bridgehead atoms. The maximum absolute atomic E-state index is 12.0. The van der Waals surface area contributed by atoms with Gasteiger partial charge in [-0.2, -0.15) is 8.78 Å². The first-order chi connectivity index (χ1) is 9.04. The van der Waals surface area contributed by atoms with Gasteiger partial charge in [0.05, 0.1) is 0 Å². The van der Waals surface area contributed by atoms with Crippen molar-refractivity contribution in [1.82, 2.24) is 10.2 Å². The summed E-state index contributed by atoms with van der Waals surface area (Å²) in [4.78, 5) is 0. The first kappa shape index (κ1) is 13.8. The van der Waals surface area contributed by atoms with Crippen LogP contribution in [0.25, 0.3) is 11.5 Å². The second-order valence-electron chi connectivity index (χ2n) is 3.94. The molecule has 0 N–H and O–H groups in total. The van der Waals surface area contributed by atoms with Crippen LogP contribution in [-0.2, 0) is 0 Å². The highest BCUT2D eigenvalue weighted by Crippen LogP contribution is 2.27. The number of rotatable bonds is 5. The van der Waals surface area contributed by atoms with Crippen molar-refractivity contribution in [3.05, 3.63) is 24.3 Å². The van der Waals surface area contributed by atoms with E-state index in [1.807, 2.05) is 13.8 Å². The Morgan fingerprint density at radius 3 is 2.42 bits per heavy atom. The predicted molar refractivity (Wildman–Crippen MR) is 67.4 cm³/mol. The van der Waals surface area contributed by atoms with E-state index in [0.29, 0.717) is 21.9 Å². The standard InChI is InChI=1S/C12H12F2N2O2S/c1-7(2)19-12-16-15-10(18-12)8-3-5-9(6-4-8)17-11(13)14/h3-7,11H,1-2H3. The van der Waals surface area contributed by atoms with Gasteiger partial charge in [0.2, 0.25) is 5.89 Å². The van der Waals surface area contributed by atoms with Crippen LogP contribution in [0.2, 0.25) is 0 Å². The van der Waals surface area contributed by atoms with Crippen molar-refractivity contribution in [2.24, 2.45) is 0 Å². The molecule has 2 aromatic rings. The van der Waals surface area contributed by atoms with Gasteiger partial charge in [0, 0.05) is 10.8 Å². The van der Waals surface area contributed by atoms with Crippen LogP contribution in [0.5, 0.6) is 5.75 Å². The van der Waals surface area contributed by atoms with Gasteiger partial charge in [-0.05, 0) is 24.3 Å². The Morgan fingerprint density at radius 2 is 1.84 bits per heavy atom. The van der Waals surface area contributed by atoms with Crippen LogP contribution in [0.4, 0.5) is 8.78 Å². The molecule has 2 rings (SSSR count). The highest BCUT2D eigenvalue weighted by atomic mass is 32.2. The lowest BCUT2D eigenvalue weighted by Gasteiger charge is -2.03. The summed E-state index contributed by atoms with van der Waals surface area (Å²) in [7, 11) is 0. The van der Waals surface area contributed by atoms with Gasteiger partial charge in [-0.3, -0.25) is 0 Å². The predicted octanol–water partition coefficient (Wildman–Crippen LogP) is 3.84. The Bertz CT molecular complexity index is 529. The lowest BCUT2D eigenvalue weighted by atomic mass is 10.2. The van der Waals surface area contributed by atoms with Gasteiger partial charge in [-0.1, -0.05) is 25.6 Å². The van der Waals surface area contributed by atoms with Crippen molar-refractivity contribution in [3.63, 3.8) is 0 Å². The molecular formula is C12H12F2N2O2S. The number of ether oxygens (including phenoxy) is 1. The second kappa shape index (κ2) is 6.01. The molecule has 102 valence electrons. The summed E-state index contributed by atoms with van der Waals surface area (Å²) in [6.45, 7) is 1.21. The Balaban J connectivity index is 2.11. The van der Waals surface area contributed by atoms with Crippen LogP contribution in [-0.4, -0.2) is 22.1 Å². The molecule has 7 heteroatoms. The van der Waals surface area contributed by atoms with Gasteiger partial charge in [0.1, 0.15) is 5.75 Å². The molecule has 0 atom stereocenters. The molecule has 0 aliphatic rings. The second-order valence-corrected chi connectivity index (χ2v) is 5.47. The molecule has 0 saturated heterocycles. The molecule has 19 heavy (non-hydrogen) atoms. The van der Waals surface area contributed by atoms with E-state index in [1.165, 1.54) is 23.9 Å². The van der Waals surface area contributed by atoms with Crippen molar-refractivity contribution in [3.8, 4) is 17.2 Å². The van der Waals surface area contributed by atoms with Crippen LogP contribution in [0.15, 0.2) is 33.9 Å². The van der Waals surface area contributed by atoms with Gasteiger partial charge >= 0.3 is 6.61 Å². The van der Waals surface area contributed by atoms with Crippen LogP contribution < -0.4 is 4.74 Å². The maximum atomic E-state index is 12.0. The highest BCUT2D eigenvalue weighted by Gasteiger charge is 2.11. The third-order valence-corrected chi connectivity index (χ3v) is 2.91. The van der Waals surface area contributed by atoms with Crippen molar-refractivity contribution in [1.29, 1.82) is 0 Å². The van der Waals surface area contributed by atoms with Crippen molar-refractivity contribution in [2.75, 3.05) is 0 Å². The number of nitrogens with zero attached hydrogens (tertiary/aromatic N) is 2. The fourth-order valence-electron chi connectivity index (χ4n) is 1.35. The summed E-state index contributed by atoms with van der Waals surface area (Å²) in [5, 5.41) is 8.63. The zero-order valence-corrected chi connectivity index (χ0v) is 11.2. The summed E-state index contributed by atoms with van der Waals surface area (Å²) in [5.74, 6) is 0.446. The van der Waals surface area contributed by atoms with Crippen molar-refractivity contribution >= 4 is 11.8 Å². The third-order valence-electron chi connectivity index (χ3n) is 2.07. The Hall–Kier alpha value is -1.63. The van der Waals surface area contributed by atoms with E-state index in [9.17, 15) is 8.78 Å². The molecule has 0 fully saturated rings. The summed E-state index contributed by atoms with van der Waals surface area (Å²) >= 11 is 1.46. The van der Waals surface area contributed by atoms with Crippen LogP contribution >= 0.6 is 11.8 Å². The molecule has 0 aliphatic carbocycles. The molecular weight excluding hydrogens is 274 g/mol. The SMILES string of the molecule is CC(C)Sc1nnc(-c2ccc(OC(F)F)cc2)o1. The minimum absolute atomic E-state index is 0.0926.